The maximum atomic E-state index is 12.8. The van der Waals surface area contributed by atoms with E-state index in [1.54, 1.807) is 24.3 Å². The molecule has 1 fully saturated rings. The van der Waals surface area contributed by atoms with Gasteiger partial charge in [0.15, 0.2) is 6.21 Å². The van der Waals surface area contributed by atoms with Gasteiger partial charge in [0.2, 0.25) is 0 Å². The molecule has 6 heteroatoms. The van der Waals surface area contributed by atoms with Gasteiger partial charge in [-0.25, -0.2) is 4.99 Å². The third-order valence-corrected chi connectivity index (χ3v) is 5.16. The molecular formula is C22H24N3O3+. The van der Waals surface area contributed by atoms with E-state index in [2.05, 4.69) is 10.3 Å². The highest BCUT2D eigenvalue weighted by Gasteiger charge is 2.40. The summed E-state index contributed by atoms with van der Waals surface area (Å²) in [7, 11) is 1.61. The van der Waals surface area contributed by atoms with Crippen LogP contribution >= 0.6 is 0 Å². The normalized spacial score (nSPS) is 20.9. The second kappa shape index (κ2) is 7.46. The van der Waals surface area contributed by atoms with E-state index < -0.39 is 6.04 Å². The van der Waals surface area contributed by atoms with E-state index in [-0.39, 0.29) is 11.8 Å². The topological polar surface area (TPSA) is 72.6 Å². The summed E-state index contributed by atoms with van der Waals surface area (Å²) in [6.07, 6.45) is 11.5. The molecule has 4 rings (SSSR count). The largest absolute Gasteiger partial charge is 0.496 e. The van der Waals surface area contributed by atoms with E-state index in [0.717, 1.165) is 29.6 Å². The molecular weight excluding hydrogens is 354 g/mol. The van der Waals surface area contributed by atoms with Gasteiger partial charge in [-0.05, 0) is 38.0 Å². The number of allylic oxidation sites excluding steroid dienone is 2. The Balaban J connectivity index is 1.76. The van der Waals surface area contributed by atoms with Gasteiger partial charge in [-0.3, -0.25) is 9.59 Å². The van der Waals surface area contributed by atoms with Gasteiger partial charge in [-0.2, -0.15) is 0 Å². The smallest absolute Gasteiger partial charge is 0.300 e. The minimum absolute atomic E-state index is 0.00319. The molecule has 3 aliphatic rings. The molecule has 2 aliphatic heterocycles. The lowest BCUT2D eigenvalue weighted by Gasteiger charge is -2.27. The second-order valence-electron chi connectivity index (χ2n) is 7.15. The minimum atomic E-state index is -0.418. The van der Waals surface area contributed by atoms with E-state index in [4.69, 9.17) is 4.74 Å². The van der Waals surface area contributed by atoms with E-state index >= 15 is 0 Å². The van der Waals surface area contributed by atoms with Crippen LogP contribution in [-0.2, 0) is 4.79 Å². The second-order valence-corrected chi connectivity index (χ2v) is 7.15. The summed E-state index contributed by atoms with van der Waals surface area (Å²) >= 11 is 0. The SMILES string of the molecule is C/C=C/CN1C=C(c2cc(C(=O)NC3CC3)ccc2OC)C2=CC=[NH+]C2C1=O. The molecule has 2 N–H and O–H groups in total. The average Bonchev–Trinajstić information content (AvgIpc) is 3.38. The number of rotatable bonds is 6. The summed E-state index contributed by atoms with van der Waals surface area (Å²) in [5.74, 6) is 0.593. The van der Waals surface area contributed by atoms with Crippen LogP contribution in [0.1, 0.15) is 35.7 Å². The molecule has 2 heterocycles. The van der Waals surface area contributed by atoms with Crippen LogP contribution in [0.5, 0.6) is 5.75 Å². The summed E-state index contributed by atoms with van der Waals surface area (Å²) in [5.41, 5.74) is 3.16. The van der Waals surface area contributed by atoms with Crippen LogP contribution < -0.4 is 15.0 Å². The Morgan fingerprint density at radius 2 is 2.21 bits per heavy atom. The van der Waals surface area contributed by atoms with Gasteiger partial charge in [0.25, 0.3) is 17.9 Å². The molecule has 6 nitrogen and oxygen atoms in total. The number of ether oxygens (including phenoxy) is 1. The first-order valence-corrected chi connectivity index (χ1v) is 9.55. The van der Waals surface area contributed by atoms with Crippen molar-refractivity contribution in [3.05, 3.63) is 59.3 Å². The number of benzene rings is 1. The lowest BCUT2D eigenvalue weighted by atomic mass is 9.89. The van der Waals surface area contributed by atoms with Gasteiger partial charge in [-0.15, -0.1) is 0 Å². The van der Waals surface area contributed by atoms with Crippen molar-refractivity contribution >= 4 is 23.6 Å². The average molecular weight is 378 g/mol. The summed E-state index contributed by atoms with van der Waals surface area (Å²) in [5, 5.41) is 3.02. The number of hydrogen-bond donors (Lipinski definition) is 2. The van der Waals surface area contributed by atoms with Crippen molar-refractivity contribution in [1.29, 1.82) is 0 Å². The number of hydrogen-bond acceptors (Lipinski definition) is 3. The predicted octanol–water partition coefficient (Wildman–Crippen LogP) is 0.807. The third-order valence-electron chi connectivity index (χ3n) is 5.16. The number of nitrogens with one attached hydrogen (secondary N) is 2. The van der Waals surface area contributed by atoms with Crippen LogP contribution in [0.3, 0.4) is 0 Å². The Kier molecular flexibility index (Phi) is 4.86. The van der Waals surface area contributed by atoms with Gasteiger partial charge < -0.3 is 15.0 Å². The number of fused-ring (bicyclic) bond motifs is 1. The van der Waals surface area contributed by atoms with Crippen molar-refractivity contribution in [2.75, 3.05) is 13.7 Å². The summed E-state index contributed by atoms with van der Waals surface area (Å²) in [6, 6.07) is 5.31. The minimum Gasteiger partial charge on any atom is -0.496 e. The molecule has 1 saturated carbocycles. The summed E-state index contributed by atoms with van der Waals surface area (Å²) in [6.45, 7) is 2.42. The van der Waals surface area contributed by atoms with E-state index in [1.807, 2.05) is 43.5 Å². The number of carbonyl (C=O) groups is 2. The summed E-state index contributed by atoms with van der Waals surface area (Å²) in [4.78, 5) is 30.1. The molecule has 1 aromatic rings. The van der Waals surface area contributed by atoms with Gasteiger partial charge in [0.1, 0.15) is 5.75 Å². The number of methoxy groups -OCH3 is 1. The van der Waals surface area contributed by atoms with E-state index in [1.165, 1.54) is 0 Å². The van der Waals surface area contributed by atoms with Crippen LogP contribution in [-0.4, -0.2) is 48.7 Å². The molecule has 2 amide bonds. The molecule has 0 aromatic heterocycles. The van der Waals surface area contributed by atoms with Gasteiger partial charge >= 0.3 is 0 Å². The zero-order chi connectivity index (χ0) is 19.7. The van der Waals surface area contributed by atoms with Crippen molar-refractivity contribution in [3.8, 4) is 5.75 Å². The number of carbonyl (C=O) groups excluding carboxylic acids is 2. The van der Waals surface area contributed by atoms with Gasteiger partial charge in [0, 0.05) is 47.1 Å². The Bertz CT molecular complexity index is 938. The fourth-order valence-corrected chi connectivity index (χ4v) is 3.47. The van der Waals surface area contributed by atoms with Crippen molar-refractivity contribution in [2.24, 2.45) is 0 Å². The highest BCUT2D eigenvalue weighted by atomic mass is 16.5. The van der Waals surface area contributed by atoms with Crippen LogP contribution in [0.15, 0.2) is 48.2 Å². The highest BCUT2D eigenvalue weighted by Crippen LogP contribution is 2.36. The molecule has 1 aromatic carbocycles. The van der Waals surface area contributed by atoms with Crippen LogP contribution in [0.2, 0.25) is 0 Å². The first-order chi connectivity index (χ1) is 13.6. The highest BCUT2D eigenvalue weighted by molar-refractivity contribution is 6.03. The molecule has 1 aliphatic carbocycles. The molecule has 144 valence electrons. The Morgan fingerprint density at radius 1 is 1.39 bits per heavy atom. The number of amides is 2. The van der Waals surface area contributed by atoms with E-state index in [0.29, 0.717) is 23.9 Å². The maximum Gasteiger partial charge on any atom is 0.300 e. The van der Waals surface area contributed by atoms with Crippen molar-refractivity contribution in [2.45, 2.75) is 31.8 Å². The third kappa shape index (κ3) is 3.38. The van der Waals surface area contributed by atoms with Crippen LogP contribution in [0.4, 0.5) is 0 Å². The summed E-state index contributed by atoms with van der Waals surface area (Å²) < 4.78 is 5.57. The molecule has 1 unspecified atom stereocenters. The zero-order valence-corrected chi connectivity index (χ0v) is 16.1. The molecule has 0 spiro atoms. The molecule has 1 atom stereocenters. The van der Waals surface area contributed by atoms with E-state index in [9.17, 15) is 9.59 Å². The maximum absolute atomic E-state index is 12.8. The fourth-order valence-electron chi connectivity index (χ4n) is 3.47. The molecule has 0 bridgehead atoms. The van der Waals surface area contributed by atoms with Crippen molar-refractivity contribution in [3.63, 3.8) is 0 Å². The van der Waals surface area contributed by atoms with Crippen molar-refractivity contribution in [1.82, 2.24) is 10.2 Å². The number of nitrogens with zero attached hydrogens (tertiary/aromatic N) is 1. The molecule has 0 saturated heterocycles. The standard InChI is InChI=1S/C22H23N3O3/c1-3-4-11-25-13-18(16-9-10-23-20(16)22(25)27)17-12-14(5-8-19(17)28-2)21(26)24-15-6-7-15/h3-5,8-10,12-13,15,20H,6-7,11H2,1-2H3,(H,24,26)/p+1/b4-3+. The Morgan fingerprint density at radius 3 is 2.93 bits per heavy atom. The predicted molar refractivity (Wildman–Crippen MR) is 107 cm³/mol. The molecule has 28 heavy (non-hydrogen) atoms. The van der Waals surface area contributed by atoms with Gasteiger partial charge in [-0.1, -0.05) is 12.2 Å². The fraction of sp³-hybridized carbons (Fsp3) is 0.318. The Hall–Kier alpha value is -3.15. The van der Waals surface area contributed by atoms with Gasteiger partial charge in [0.05, 0.1) is 7.11 Å². The Labute approximate surface area is 164 Å². The van der Waals surface area contributed by atoms with Crippen LogP contribution in [0, 0.1) is 0 Å². The lowest BCUT2D eigenvalue weighted by molar-refractivity contribution is -0.467. The quantitative estimate of drug-likeness (QED) is 0.720. The lowest BCUT2D eigenvalue weighted by Crippen LogP contribution is -2.79. The monoisotopic (exact) mass is 378 g/mol. The zero-order valence-electron chi connectivity index (χ0n) is 16.1. The molecule has 0 radical (unpaired) electrons. The van der Waals surface area contributed by atoms with Crippen LogP contribution in [0.25, 0.3) is 5.57 Å². The first-order valence-electron chi connectivity index (χ1n) is 9.55. The first kappa shape index (κ1) is 18.2. The van der Waals surface area contributed by atoms with Crippen molar-refractivity contribution < 1.29 is 19.3 Å².